The predicted octanol–water partition coefficient (Wildman–Crippen LogP) is 3.86. The van der Waals surface area contributed by atoms with Gasteiger partial charge in [0, 0.05) is 30.5 Å². The van der Waals surface area contributed by atoms with E-state index in [0.717, 1.165) is 16.5 Å². The highest BCUT2D eigenvalue weighted by molar-refractivity contribution is 6.31. The molecule has 0 saturated carbocycles. The zero-order valence-electron chi connectivity index (χ0n) is 13.3. The lowest BCUT2D eigenvalue weighted by molar-refractivity contribution is 0.0698. The Morgan fingerprint density at radius 2 is 2.12 bits per heavy atom. The van der Waals surface area contributed by atoms with Crippen LogP contribution in [0.5, 0.6) is 0 Å². The number of carboxylic acid groups (broad SMARTS) is 1. The molecule has 0 saturated heterocycles. The number of pyridine rings is 2. The second-order valence-corrected chi connectivity index (χ2v) is 6.26. The van der Waals surface area contributed by atoms with Crippen molar-refractivity contribution in [2.75, 3.05) is 0 Å². The average molecular weight is 363 g/mol. The number of halogens is 1. The molecule has 0 spiro atoms. The van der Waals surface area contributed by atoms with E-state index in [4.69, 9.17) is 11.6 Å². The SMILES string of the molecule is N#Cc1nccc2c1c(C(=O)O)cn2Cc1ccc2ncc(Cl)cc2c1. The second kappa shape index (κ2) is 6.14. The summed E-state index contributed by atoms with van der Waals surface area (Å²) in [5.74, 6) is -1.09. The molecule has 0 aliphatic carbocycles. The van der Waals surface area contributed by atoms with Gasteiger partial charge in [0.1, 0.15) is 6.07 Å². The Morgan fingerprint density at radius 3 is 2.88 bits per heavy atom. The van der Waals surface area contributed by atoms with E-state index in [1.165, 1.54) is 12.4 Å². The van der Waals surface area contributed by atoms with Crippen LogP contribution in [0.4, 0.5) is 0 Å². The van der Waals surface area contributed by atoms with Crippen LogP contribution in [0.3, 0.4) is 0 Å². The number of benzene rings is 1. The molecular formula is C19H11ClN4O2. The summed E-state index contributed by atoms with van der Waals surface area (Å²) in [7, 11) is 0. The lowest BCUT2D eigenvalue weighted by Gasteiger charge is -2.07. The zero-order valence-corrected chi connectivity index (χ0v) is 14.1. The lowest BCUT2D eigenvalue weighted by atomic mass is 10.1. The molecule has 0 aliphatic heterocycles. The number of nitriles is 1. The number of aromatic carboxylic acids is 1. The van der Waals surface area contributed by atoms with E-state index in [1.54, 1.807) is 16.8 Å². The van der Waals surface area contributed by atoms with Crippen LogP contribution in [0.2, 0.25) is 5.02 Å². The summed E-state index contributed by atoms with van der Waals surface area (Å²) in [5.41, 5.74) is 2.62. The molecular weight excluding hydrogens is 352 g/mol. The van der Waals surface area contributed by atoms with E-state index in [2.05, 4.69) is 9.97 Å². The highest BCUT2D eigenvalue weighted by Gasteiger charge is 2.18. The molecule has 26 heavy (non-hydrogen) atoms. The van der Waals surface area contributed by atoms with Gasteiger partial charge in [-0.15, -0.1) is 0 Å². The number of hydrogen-bond donors (Lipinski definition) is 1. The molecule has 3 aromatic heterocycles. The Labute approximate surface area is 152 Å². The van der Waals surface area contributed by atoms with Crippen molar-refractivity contribution in [3.05, 3.63) is 70.8 Å². The van der Waals surface area contributed by atoms with Crippen LogP contribution in [0, 0.1) is 11.3 Å². The van der Waals surface area contributed by atoms with Gasteiger partial charge >= 0.3 is 5.97 Å². The summed E-state index contributed by atoms with van der Waals surface area (Å²) in [6.07, 6.45) is 4.64. The van der Waals surface area contributed by atoms with Crippen molar-refractivity contribution in [2.45, 2.75) is 6.54 Å². The highest BCUT2D eigenvalue weighted by atomic mass is 35.5. The van der Waals surface area contributed by atoms with Gasteiger partial charge in [0.05, 0.1) is 27.0 Å². The molecule has 1 aromatic carbocycles. The number of fused-ring (bicyclic) bond motifs is 2. The Kier molecular flexibility index (Phi) is 3.79. The van der Waals surface area contributed by atoms with Gasteiger partial charge in [-0.05, 0) is 29.8 Å². The molecule has 0 bridgehead atoms. The predicted molar refractivity (Wildman–Crippen MR) is 97.3 cm³/mol. The third-order valence-corrected chi connectivity index (χ3v) is 4.40. The number of carbonyl (C=O) groups is 1. The number of carboxylic acids is 1. The Bertz CT molecular complexity index is 1220. The molecule has 0 amide bonds. The minimum atomic E-state index is -1.09. The fourth-order valence-corrected chi connectivity index (χ4v) is 3.24. The van der Waals surface area contributed by atoms with Crippen LogP contribution in [0.25, 0.3) is 21.8 Å². The summed E-state index contributed by atoms with van der Waals surface area (Å²) in [4.78, 5) is 19.8. The number of nitrogens with zero attached hydrogens (tertiary/aromatic N) is 4. The molecule has 0 fully saturated rings. The smallest absolute Gasteiger partial charge is 0.337 e. The molecule has 126 valence electrons. The quantitative estimate of drug-likeness (QED) is 0.597. The standard InChI is InChI=1S/C19H11ClN4O2/c20-13-6-12-5-11(1-2-15(12)23-8-13)9-24-10-14(19(25)26)18-16(7-21)22-4-3-17(18)24/h1-6,8,10H,9H2,(H,25,26). The monoisotopic (exact) mass is 362 g/mol. The Balaban J connectivity index is 1.85. The maximum atomic E-state index is 11.6. The van der Waals surface area contributed by atoms with Gasteiger partial charge < -0.3 is 9.67 Å². The number of hydrogen-bond acceptors (Lipinski definition) is 4. The molecule has 4 aromatic rings. The fraction of sp³-hybridized carbons (Fsp3) is 0.0526. The summed E-state index contributed by atoms with van der Waals surface area (Å²) >= 11 is 6.01. The van der Waals surface area contributed by atoms with Gasteiger partial charge in [-0.1, -0.05) is 17.7 Å². The maximum Gasteiger partial charge on any atom is 0.337 e. The van der Waals surface area contributed by atoms with Gasteiger partial charge in [0.25, 0.3) is 0 Å². The van der Waals surface area contributed by atoms with E-state index in [0.29, 0.717) is 22.5 Å². The molecule has 6 nitrogen and oxygen atoms in total. The van der Waals surface area contributed by atoms with Crippen molar-refractivity contribution < 1.29 is 9.90 Å². The second-order valence-electron chi connectivity index (χ2n) is 5.82. The van der Waals surface area contributed by atoms with E-state index >= 15 is 0 Å². The Hall–Kier alpha value is -3.43. The van der Waals surface area contributed by atoms with Crippen molar-refractivity contribution in [3.8, 4) is 6.07 Å². The van der Waals surface area contributed by atoms with Crippen LogP contribution >= 0.6 is 11.6 Å². The molecule has 3 heterocycles. The van der Waals surface area contributed by atoms with Crippen molar-refractivity contribution in [1.82, 2.24) is 14.5 Å². The first kappa shape index (κ1) is 16.1. The highest BCUT2D eigenvalue weighted by Crippen LogP contribution is 2.25. The van der Waals surface area contributed by atoms with Crippen LogP contribution in [0.15, 0.2) is 48.9 Å². The lowest BCUT2D eigenvalue weighted by Crippen LogP contribution is -1.99. The van der Waals surface area contributed by atoms with Crippen LogP contribution < -0.4 is 0 Å². The summed E-state index contributed by atoms with van der Waals surface area (Å²) in [6, 6.07) is 11.3. The largest absolute Gasteiger partial charge is 0.478 e. The number of rotatable bonds is 3. The average Bonchev–Trinajstić information content (AvgIpc) is 3.00. The van der Waals surface area contributed by atoms with Gasteiger partial charge in [-0.3, -0.25) is 4.98 Å². The van der Waals surface area contributed by atoms with E-state index in [9.17, 15) is 15.2 Å². The fourth-order valence-electron chi connectivity index (χ4n) is 3.07. The van der Waals surface area contributed by atoms with E-state index in [1.807, 2.05) is 30.3 Å². The van der Waals surface area contributed by atoms with Crippen molar-refractivity contribution in [1.29, 1.82) is 5.26 Å². The van der Waals surface area contributed by atoms with Crippen molar-refractivity contribution >= 4 is 39.4 Å². The summed E-state index contributed by atoms with van der Waals surface area (Å²) in [6.45, 7) is 0.446. The molecule has 1 N–H and O–H groups in total. The normalized spacial score (nSPS) is 10.9. The van der Waals surface area contributed by atoms with Crippen molar-refractivity contribution in [3.63, 3.8) is 0 Å². The van der Waals surface area contributed by atoms with E-state index < -0.39 is 5.97 Å². The molecule has 0 atom stereocenters. The minimum Gasteiger partial charge on any atom is -0.478 e. The van der Waals surface area contributed by atoms with Crippen molar-refractivity contribution in [2.24, 2.45) is 0 Å². The van der Waals surface area contributed by atoms with Gasteiger partial charge in [-0.2, -0.15) is 5.26 Å². The zero-order chi connectivity index (χ0) is 18.3. The molecule has 4 rings (SSSR count). The maximum absolute atomic E-state index is 11.6. The molecule has 0 unspecified atom stereocenters. The van der Waals surface area contributed by atoms with Crippen LogP contribution in [-0.4, -0.2) is 25.6 Å². The van der Waals surface area contributed by atoms with E-state index in [-0.39, 0.29) is 11.3 Å². The summed E-state index contributed by atoms with van der Waals surface area (Å²) < 4.78 is 1.81. The first-order valence-corrected chi connectivity index (χ1v) is 8.10. The number of aromatic nitrogens is 3. The summed E-state index contributed by atoms with van der Waals surface area (Å²) in [5, 5.41) is 20.5. The molecule has 0 aliphatic rings. The molecule has 0 radical (unpaired) electrons. The first-order chi connectivity index (χ1) is 12.6. The van der Waals surface area contributed by atoms with Crippen LogP contribution in [-0.2, 0) is 6.54 Å². The Morgan fingerprint density at radius 1 is 1.27 bits per heavy atom. The van der Waals surface area contributed by atoms with Crippen LogP contribution in [0.1, 0.15) is 21.6 Å². The first-order valence-electron chi connectivity index (χ1n) is 7.72. The topological polar surface area (TPSA) is 91.8 Å². The minimum absolute atomic E-state index is 0.0650. The van der Waals surface area contributed by atoms with Gasteiger partial charge in [-0.25, -0.2) is 9.78 Å². The third-order valence-electron chi connectivity index (χ3n) is 4.19. The molecule has 7 heteroatoms. The van der Waals surface area contributed by atoms with Gasteiger partial charge in [0.15, 0.2) is 5.69 Å². The van der Waals surface area contributed by atoms with Gasteiger partial charge in [0.2, 0.25) is 0 Å². The third kappa shape index (κ3) is 2.65.